The molecule has 2 heterocycles. The number of fused-ring (bicyclic) bond motifs is 1. The van der Waals surface area contributed by atoms with Gasteiger partial charge in [0.25, 0.3) is 0 Å². The van der Waals surface area contributed by atoms with Crippen molar-refractivity contribution in [3.05, 3.63) is 57.9 Å². The monoisotopic (exact) mass is 335 g/mol. The van der Waals surface area contributed by atoms with Crippen molar-refractivity contribution in [3.8, 4) is 0 Å². The van der Waals surface area contributed by atoms with E-state index in [2.05, 4.69) is 43.3 Å². The lowest BCUT2D eigenvalue weighted by Crippen LogP contribution is -1.99. The van der Waals surface area contributed by atoms with Crippen LogP contribution in [-0.4, -0.2) is 9.97 Å². The van der Waals surface area contributed by atoms with Crippen LogP contribution in [0.4, 0.5) is 5.69 Å². The number of nitrogens with zero attached hydrogens (tertiary/aromatic N) is 1. The predicted octanol–water partition coefficient (Wildman–Crippen LogP) is 4.59. The van der Waals surface area contributed by atoms with Crippen LogP contribution in [0, 0.1) is 0 Å². The van der Waals surface area contributed by atoms with Gasteiger partial charge < -0.3 is 10.3 Å². The average molecular weight is 337 g/mol. The minimum Gasteiger partial charge on any atom is -0.380 e. The first-order valence-electron chi connectivity index (χ1n) is 5.84. The molecule has 96 valence electrons. The Labute approximate surface area is 124 Å². The number of nitrogens with one attached hydrogen (secondary N) is 2. The van der Waals surface area contributed by atoms with E-state index in [1.165, 1.54) is 10.9 Å². The molecule has 0 radical (unpaired) electrons. The molecule has 0 aliphatic carbocycles. The molecule has 0 bridgehead atoms. The molecular formula is C14H11BrClN3. The minimum absolute atomic E-state index is 0.470. The number of anilines is 1. The zero-order valence-corrected chi connectivity index (χ0v) is 12.3. The van der Waals surface area contributed by atoms with Crippen molar-refractivity contribution in [3.63, 3.8) is 0 Å². The maximum atomic E-state index is 5.87. The van der Waals surface area contributed by atoms with E-state index in [1.807, 2.05) is 24.4 Å². The number of aromatic amines is 1. The van der Waals surface area contributed by atoms with Crippen LogP contribution in [0.25, 0.3) is 10.9 Å². The number of pyridine rings is 1. The van der Waals surface area contributed by atoms with E-state index in [1.54, 1.807) is 6.20 Å². The van der Waals surface area contributed by atoms with Crippen molar-refractivity contribution in [2.24, 2.45) is 0 Å². The summed E-state index contributed by atoms with van der Waals surface area (Å²) in [5, 5.41) is 5.04. The topological polar surface area (TPSA) is 40.7 Å². The maximum absolute atomic E-state index is 5.87. The molecule has 2 aromatic heterocycles. The smallest absolute Gasteiger partial charge is 0.143 e. The Balaban J connectivity index is 1.80. The van der Waals surface area contributed by atoms with Crippen LogP contribution in [0.5, 0.6) is 0 Å². The largest absolute Gasteiger partial charge is 0.380 e. The van der Waals surface area contributed by atoms with E-state index in [-0.39, 0.29) is 0 Å². The zero-order chi connectivity index (χ0) is 13.2. The molecule has 0 unspecified atom stereocenters. The van der Waals surface area contributed by atoms with Crippen LogP contribution >= 0.6 is 27.5 Å². The van der Waals surface area contributed by atoms with E-state index >= 15 is 0 Å². The summed E-state index contributed by atoms with van der Waals surface area (Å²) in [6, 6.07) is 10.2. The van der Waals surface area contributed by atoms with E-state index < -0.39 is 0 Å². The maximum Gasteiger partial charge on any atom is 0.143 e. The second kappa shape index (κ2) is 5.23. The Morgan fingerprint density at radius 3 is 3.00 bits per heavy atom. The van der Waals surface area contributed by atoms with E-state index in [4.69, 9.17) is 11.6 Å². The van der Waals surface area contributed by atoms with Crippen molar-refractivity contribution in [1.82, 2.24) is 9.97 Å². The van der Waals surface area contributed by atoms with E-state index in [9.17, 15) is 0 Å². The van der Waals surface area contributed by atoms with Crippen LogP contribution in [0.3, 0.4) is 0 Å². The summed E-state index contributed by atoms with van der Waals surface area (Å²) in [4.78, 5) is 7.35. The lowest BCUT2D eigenvalue weighted by atomic mass is 10.2. The molecule has 0 atom stereocenters. The van der Waals surface area contributed by atoms with Gasteiger partial charge in [0.15, 0.2) is 0 Å². The lowest BCUT2D eigenvalue weighted by molar-refractivity contribution is 1.15. The fourth-order valence-corrected chi connectivity index (χ4v) is 2.45. The summed E-state index contributed by atoms with van der Waals surface area (Å²) in [6.45, 7) is 0.736. The van der Waals surface area contributed by atoms with Gasteiger partial charge in [0.05, 0.1) is 16.4 Å². The highest BCUT2D eigenvalue weighted by Crippen LogP contribution is 2.24. The lowest BCUT2D eigenvalue weighted by Gasteiger charge is -2.06. The summed E-state index contributed by atoms with van der Waals surface area (Å²) in [6.07, 6.45) is 3.75. The summed E-state index contributed by atoms with van der Waals surface area (Å²) >= 11 is 9.23. The molecule has 19 heavy (non-hydrogen) atoms. The minimum atomic E-state index is 0.470. The van der Waals surface area contributed by atoms with Gasteiger partial charge in [-0.15, -0.1) is 0 Å². The van der Waals surface area contributed by atoms with Gasteiger partial charge in [-0.2, -0.15) is 0 Å². The summed E-state index contributed by atoms with van der Waals surface area (Å²) in [7, 11) is 0. The van der Waals surface area contributed by atoms with Gasteiger partial charge in [-0.1, -0.05) is 29.8 Å². The Morgan fingerprint density at radius 1 is 1.32 bits per heavy atom. The molecule has 3 rings (SSSR count). The Bertz CT molecular complexity index is 724. The standard InChI is InChI=1S/C14H11BrClN3/c15-12-5-10(8-19-14(12)16)17-6-9-7-18-13-4-2-1-3-11(9)13/h1-5,7-8,17-18H,6H2. The van der Waals surface area contributed by atoms with Crippen molar-refractivity contribution in [1.29, 1.82) is 0 Å². The van der Waals surface area contributed by atoms with Gasteiger partial charge in [0, 0.05) is 23.6 Å². The van der Waals surface area contributed by atoms with Crippen LogP contribution in [0.2, 0.25) is 5.15 Å². The predicted molar refractivity (Wildman–Crippen MR) is 82.6 cm³/mol. The zero-order valence-electron chi connectivity index (χ0n) is 9.95. The highest BCUT2D eigenvalue weighted by molar-refractivity contribution is 9.10. The first kappa shape index (κ1) is 12.5. The number of rotatable bonds is 3. The number of aromatic nitrogens is 2. The number of para-hydroxylation sites is 1. The van der Waals surface area contributed by atoms with Crippen molar-refractivity contribution in [2.75, 3.05) is 5.32 Å². The number of H-pyrrole nitrogens is 1. The second-order valence-corrected chi connectivity index (χ2v) is 5.42. The molecule has 0 saturated carbocycles. The van der Waals surface area contributed by atoms with Gasteiger partial charge >= 0.3 is 0 Å². The molecule has 3 aromatic rings. The van der Waals surface area contributed by atoms with Crippen molar-refractivity contribution >= 4 is 44.1 Å². The van der Waals surface area contributed by atoms with Gasteiger partial charge in [0.1, 0.15) is 5.15 Å². The van der Waals surface area contributed by atoms with Crippen LogP contribution in [0.15, 0.2) is 47.2 Å². The molecule has 0 spiro atoms. The third-order valence-electron chi connectivity index (χ3n) is 2.95. The molecule has 0 aliphatic heterocycles. The Kier molecular flexibility index (Phi) is 3.44. The summed E-state index contributed by atoms with van der Waals surface area (Å²) < 4.78 is 0.790. The molecule has 0 amide bonds. The molecule has 0 fully saturated rings. The molecule has 3 nitrogen and oxygen atoms in total. The third kappa shape index (κ3) is 2.60. The van der Waals surface area contributed by atoms with Crippen LogP contribution < -0.4 is 5.32 Å². The molecular weight excluding hydrogens is 326 g/mol. The molecule has 2 N–H and O–H groups in total. The van der Waals surface area contributed by atoms with Gasteiger partial charge in [-0.3, -0.25) is 0 Å². The van der Waals surface area contributed by atoms with Crippen molar-refractivity contribution < 1.29 is 0 Å². The number of hydrogen-bond acceptors (Lipinski definition) is 2. The first-order chi connectivity index (χ1) is 9.24. The third-order valence-corrected chi connectivity index (χ3v) is 4.09. The number of benzene rings is 1. The summed E-state index contributed by atoms with van der Waals surface area (Å²) in [5.41, 5.74) is 3.30. The van der Waals surface area contributed by atoms with Crippen LogP contribution in [0.1, 0.15) is 5.56 Å². The first-order valence-corrected chi connectivity index (χ1v) is 7.01. The molecule has 0 aliphatic rings. The fraction of sp³-hybridized carbons (Fsp3) is 0.0714. The normalized spacial score (nSPS) is 10.8. The molecule has 0 saturated heterocycles. The molecule has 5 heteroatoms. The van der Waals surface area contributed by atoms with Gasteiger partial charge in [-0.05, 0) is 33.6 Å². The SMILES string of the molecule is Clc1ncc(NCc2c[nH]c3ccccc23)cc1Br. The number of hydrogen-bond donors (Lipinski definition) is 2. The Morgan fingerprint density at radius 2 is 2.16 bits per heavy atom. The van der Waals surface area contributed by atoms with E-state index in [0.29, 0.717) is 5.15 Å². The van der Waals surface area contributed by atoms with Gasteiger partial charge in [-0.25, -0.2) is 4.98 Å². The average Bonchev–Trinajstić information content (AvgIpc) is 2.83. The summed E-state index contributed by atoms with van der Waals surface area (Å²) in [5.74, 6) is 0. The van der Waals surface area contributed by atoms with Gasteiger partial charge in [0.2, 0.25) is 0 Å². The van der Waals surface area contributed by atoms with Crippen molar-refractivity contribution in [2.45, 2.75) is 6.54 Å². The quantitative estimate of drug-likeness (QED) is 0.687. The Hall–Kier alpha value is -1.52. The molecule has 1 aromatic carbocycles. The highest BCUT2D eigenvalue weighted by atomic mass is 79.9. The van der Waals surface area contributed by atoms with E-state index in [0.717, 1.165) is 22.2 Å². The highest BCUT2D eigenvalue weighted by Gasteiger charge is 2.04. The second-order valence-electron chi connectivity index (χ2n) is 4.21. The fourth-order valence-electron chi connectivity index (χ4n) is 1.99. The number of halogens is 2. The van der Waals surface area contributed by atoms with Crippen LogP contribution in [-0.2, 0) is 6.54 Å².